The van der Waals surface area contributed by atoms with E-state index < -0.39 is 0 Å². The Kier molecular flexibility index (Phi) is 7.51. The van der Waals surface area contributed by atoms with E-state index >= 15 is 0 Å². The Morgan fingerprint density at radius 3 is 2.50 bits per heavy atom. The highest BCUT2D eigenvalue weighted by Crippen LogP contribution is 2.13. The monoisotopic (exact) mass is 357 g/mol. The summed E-state index contributed by atoms with van der Waals surface area (Å²) in [5, 5.41) is 11.1. The Bertz CT molecular complexity index is 719. The second kappa shape index (κ2) is 9.85. The predicted molar refractivity (Wildman–Crippen MR) is 107 cm³/mol. The molecule has 0 radical (unpaired) electrons. The van der Waals surface area contributed by atoms with Gasteiger partial charge < -0.3 is 15.4 Å². The number of hydrogen-bond donors (Lipinski definition) is 2. The number of aryl methyl sites for hydroxylation is 3. The van der Waals surface area contributed by atoms with Crippen molar-refractivity contribution in [2.45, 2.75) is 40.7 Å². The van der Waals surface area contributed by atoms with Crippen LogP contribution in [0, 0.1) is 20.8 Å². The lowest BCUT2D eigenvalue weighted by Gasteiger charge is -2.12. The lowest BCUT2D eigenvalue weighted by Crippen LogP contribution is -2.38. The van der Waals surface area contributed by atoms with Gasteiger partial charge in [0.05, 0.1) is 18.8 Å². The first-order valence-electron chi connectivity index (χ1n) is 9.22. The zero-order valence-electron chi connectivity index (χ0n) is 16.6. The van der Waals surface area contributed by atoms with Gasteiger partial charge in [0.15, 0.2) is 5.96 Å². The molecule has 6 nitrogen and oxygen atoms in total. The van der Waals surface area contributed by atoms with Crippen molar-refractivity contribution in [3.63, 3.8) is 0 Å². The van der Waals surface area contributed by atoms with Crippen LogP contribution in [0.5, 0.6) is 5.75 Å². The van der Waals surface area contributed by atoms with Gasteiger partial charge in [-0.05, 0) is 46.2 Å². The largest absolute Gasteiger partial charge is 0.494 e. The molecule has 2 N–H and O–H groups in total. The average Bonchev–Trinajstić information content (AvgIpc) is 2.86. The molecule has 1 aromatic heterocycles. The van der Waals surface area contributed by atoms with Gasteiger partial charge in [0.1, 0.15) is 5.75 Å². The normalized spacial score (nSPS) is 11.5. The number of guanidine groups is 1. The minimum Gasteiger partial charge on any atom is -0.494 e. The molecule has 2 aromatic rings. The molecule has 0 spiro atoms. The first-order valence-corrected chi connectivity index (χ1v) is 9.22. The summed E-state index contributed by atoms with van der Waals surface area (Å²) in [5.41, 5.74) is 4.63. The standard InChI is InChI=1S/C20H31N5O/c1-6-21-20(23-14-19-16(3)24-25(5)17(19)4)22-12-7-13-26-18-10-8-15(2)9-11-18/h8-11H,6-7,12-14H2,1-5H3,(H2,21,22,23). The van der Waals surface area contributed by atoms with E-state index in [1.807, 2.05) is 30.8 Å². The topological polar surface area (TPSA) is 63.5 Å². The number of nitrogens with one attached hydrogen (secondary N) is 2. The summed E-state index contributed by atoms with van der Waals surface area (Å²) in [6.45, 7) is 11.2. The number of hydrogen-bond acceptors (Lipinski definition) is 3. The Hall–Kier alpha value is -2.50. The quantitative estimate of drug-likeness (QED) is 0.433. The summed E-state index contributed by atoms with van der Waals surface area (Å²) < 4.78 is 7.66. The maximum atomic E-state index is 5.75. The molecule has 0 aliphatic carbocycles. The number of aromatic nitrogens is 2. The predicted octanol–water partition coefficient (Wildman–Crippen LogP) is 2.87. The maximum Gasteiger partial charge on any atom is 0.191 e. The van der Waals surface area contributed by atoms with E-state index in [9.17, 15) is 0 Å². The SMILES string of the molecule is CCNC(=NCc1c(C)nn(C)c1C)NCCCOc1ccc(C)cc1. The molecule has 0 fully saturated rings. The fourth-order valence-electron chi connectivity index (χ4n) is 2.65. The van der Waals surface area contributed by atoms with Crippen molar-refractivity contribution in [1.82, 2.24) is 20.4 Å². The van der Waals surface area contributed by atoms with E-state index in [2.05, 4.69) is 53.6 Å². The summed E-state index contributed by atoms with van der Waals surface area (Å²) in [7, 11) is 1.97. The van der Waals surface area contributed by atoms with Crippen molar-refractivity contribution >= 4 is 5.96 Å². The van der Waals surface area contributed by atoms with Crippen LogP contribution >= 0.6 is 0 Å². The lowest BCUT2D eigenvalue weighted by molar-refractivity contribution is 0.311. The van der Waals surface area contributed by atoms with Gasteiger partial charge in [-0.3, -0.25) is 4.68 Å². The Balaban J connectivity index is 1.79. The van der Waals surface area contributed by atoms with Crippen LogP contribution in [0.2, 0.25) is 0 Å². The molecule has 0 aliphatic rings. The van der Waals surface area contributed by atoms with Gasteiger partial charge in [-0.1, -0.05) is 17.7 Å². The summed E-state index contributed by atoms with van der Waals surface area (Å²) in [5.74, 6) is 1.74. The number of aliphatic imine (C=N–C) groups is 1. The molecule has 6 heteroatoms. The molecule has 1 aromatic carbocycles. The van der Waals surface area contributed by atoms with Crippen molar-refractivity contribution in [2.24, 2.45) is 12.0 Å². The molecular formula is C20H31N5O. The smallest absolute Gasteiger partial charge is 0.191 e. The second-order valence-electron chi connectivity index (χ2n) is 6.41. The van der Waals surface area contributed by atoms with Crippen LogP contribution in [-0.4, -0.2) is 35.4 Å². The molecule has 0 unspecified atom stereocenters. The third kappa shape index (κ3) is 5.79. The van der Waals surface area contributed by atoms with E-state index in [1.54, 1.807) is 0 Å². The number of benzene rings is 1. The van der Waals surface area contributed by atoms with E-state index in [1.165, 1.54) is 11.1 Å². The van der Waals surface area contributed by atoms with Crippen LogP contribution in [0.1, 0.15) is 35.9 Å². The van der Waals surface area contributed by atoms with Crippen molar-refractivity contribution in [3.8, 4) is 5.75 Å². The van der Waals surface area contributed by atoms with Gasteiger partial charge in [0, 0.05) is 31.4 Å². The van der Waals surface area contributed by atoms with Crippen LogP contribution in [0.25, 0.3) is 0 Å². The van der Waals surface area contributed by atoms with Gasteiger partial charge in [0.25, 0.3) is 0 Å². The molecule has 0 aliphatic heterocycles. The Labute approximate surface area is 156 Å². The van der Waals surface area contributed by atoms with Crippen LogP contribution in [0.4, 0.5) is 0 Å². The molecule has 0 saturated carbocycles. The third-order valence-electron chi connectivity index (χ3n) is 4.30. The zero-order chi connectivity index (χ0) is 18.9. The molecular weight excluding hydrogens is 326 g/mol. The average molecular weight is 358 g/mol. The van der Waals surface area contributed by atoms with Gasteiger partial charge in [-0.25, -0.2) is 4.99 Å². The lowest BCUT2D eigenvalue weighted by atomic mass is 10.2. The minimum atomic E-state index is 0.626. The maximum absolute atomic E-state index is 5.75. The fraction of sp³-hybridized carbons (Fsp3) is 0.500. The summed E-state index contributed by atoms with van der Waals surface area (Å²) in [4.78, 5) is 4.68. The van der Waals surface area contributed by atoms with Crippen molar-refractivity contribution in [3.05, 3.63) is 46.8 Å². The first kappa shape index (κ1) is 19.8. The number of nitrogens with zero attached hydrogens (tertiary/aromatic N) is 3. The molecule has 0 saturated heterocycles. The van der Waals surface area contributed by atoms with Gasteiger partial charge in [0.2, 0.25) is 0 Å². The van der Waals surface area contributed by atoms with Crippen LogP contribution in [-0.2, 0) is 13.6 Å². The van der Waals surface area contributed by atoms with Crippen LogP contribution < -0.4 is 15.4 Å². The van der Waals surface area contributed by atoms with Crippen molar-refractivity contribution in [2.75, 3.05) is 19.7 Å². The Morgan fingerprint density at radius 2 is 1.88 bits per heavy atom. The summed E-state index contributed by atoms with van der Waals surface area (Å²) in [6, 6.07) is 8.14. The summed E-state index contributed by atoms with van der Waals surface area (Å²) in [6.07, 6.45) is 0.906. The second-order valence-corrected chi connectivity index (χ2v) is 6.41. The Morgan fingerprint density at radius 1 is 1.15 bits per heavy atom. The number of ether oxygens (including phenoxy) is 1. The highest BCUT2D eigenvalue weighted by molar-refractivity contribution is 5.79. The third-order valence-corrected chi connectivity index (χ3v) is 4.30. The highest BCUT2D eigenvalue weighted by atomic mass is 16.5. The van der Waals surface area contributed by atoms with Crippen molar-refractivity contribution < 1.29 is 4.74 Å². The molecule has 0 atom stereocenters. The highest BCUT2D eigenvalue weighted by Gasteiger charge is 2.08. The zero-order valence-corrected chi connectivity index (χ0v) is 16.6. The molecule has 0 bridgehead atoms. The molecule has 26 heavy (non-hydrogen) atoms. The van der Waals surface area contributed by atoms with Crippen LogP contribution in [0.15, 0.2) is 29.3 Å². The van der Waals surface area contributed by atoms with Crippen LogP contribution in [0.3, 0.4) is 0 Å². The minimum absolute atomic E-state index is 0.626. The molecule has 142 valence electrons. The van der Waals surface area contributed by atoms with E-state index in [0.717, 1.165) is 42.6 Å². The molecule has 0 amide bonds. The van der Waals surface area contributed by atoms with E-state index in [4.69, 9.17) is 4.74 Å². The van der Waals surface area contributed by atoms with Gasteiger partial charge in [-0.2, -0.15) is 5.10 Å². The fourth-order valence-corrected chi connectivity index (χ4v) is 2.65. The van der Waals surface area contributed by atoms with E-state index in [0.29, 0.717) is 13.2 Å². The van der Waals surface area contributed by atoms with Crippen molar-refractivity contribution in [1.29, 1.82) is 0 Å². The number of rotatable bonds is 8. The van der Waals surface area contributed by atoms with Gasteiger partial charge >= 0.3 is 0 Å². The summed E-state index contributed by atoms with van der Waals surface area (Å²) >= 11 is 0. The molecule has 2 rings (SSSR count). The van der Waals surface area contributed by atoms with E-state index in [-0.39, 0.29) is 0 Å². The molecule has 1 heterocycles. The van der Waals surface area contributed by atoms with Gasteiger partial charge in [-0.15, -0.1) is 0 Å². The first-order chi connectivity index (χ1) is 12.5.